The van der Waals surface area contributed by atoms with E-state index in [0.29, 0.717) is 0 Å². The van der Waals surface area contributed by atoms with Gasteiger partial charge in [0, 0.05) is 12.1 Å². The van der Waals surface area contributed by atoms with Crippen molar-refractivity contribution in [1.29, 1.82) is 0 Å². The number of alkyl halides is 3. The molecule has 0 saturated carbocycles. The molecule has 0 atom stereocenters. The Morgan fingerprint density at radius 1 is 1.59 bits per heavy atom. The molecule has 17 heavy (non-hydrogen) atoms. The molecule has 1 rings (SSSR count). The molecule has 4 nitrogen and oxygen atoms in total. The van der Waals surface area contributed by atoms with Gasteiger partial charge in [-0.2, -0.15) is 18.3 Å². The highest BCUT2D eigenvalue weighted by Crippen LogP contribution is 2.32. The minimum atomic E-state index is -4.52. The van der Waals surface area contributed by atoms with Crippen molar-refractivity contribution in [1.82, 2.24) is 9.78 Å². The van der Waals surface area contributed by atoms with Gasteiger partial charge in [-0.3, -0.25) is 9.48 Å². The van der Waals surface area contributed by atoms with Gasteiger partial charge in [0.1, 0.15) is 0 Å². The lowest BCUT2D eigenvalue weighted by molar-refractivity contribution is -0.141. The van der Waals surface area contributed by atoms with Crippen LogP contribution in [0.25, 0.3) is 0 Å². The van der Waals surface area contributed by atoms with Gasteiger partial charge >= 0.3 is 12.1 Å². The quantitative estimate of drug-likeness (QED) is 0.853. The van der Waals surface area contributed by atoms with Crippen molar-refractivity contribution in [3.8, 4) is 0 Å². The number of aliphatic carboxylic acids is 1. The van der Waals surface area contributed by atoms with Crippen LogP contribution < -0.4 is 0 Å². The summed E-state index contributed by atoms with van der Waals surface area (Å²) in [5, 5.41) is 12.1. The third kappa shape index (κ3) is 3.65. The van der Waals surface area contributed by atoms with Gasteiger partial charge in [-0.25, -0.2) is 0 Å². The summed E-state index contributed by atoms with van der Waals surface area (Å²) in [5.41, 5.74) is -1.00. The molecule has 0 saturated heterocycles. The lowest BCUT2D eigenvalue weighted by atomic mass is 10.4. The topological polar surface area (TPSA) is 55.1 Å². The van der Waals surface area contributed by atoms with Crippen LogP contribution in [0.1, 0.15) is 25.6 Å². The van der Waals surface area contributed by atoms with E-state index in [0.717, 1.165) is 17.8 Å². The summed E-state index contributed by atoms with van der Waals surface area (Å²) >= 11 is 0.821. The fourth-order valence-corrected chi connectivity index (χ4v) is 1.98. The SMILES string of the molecule is CC(C)n1nc(C(F)(F)F)cc1SCC(=O)O. The summed E-state index contributed by atoms with van der Waals surface area (Å²) in [6.45, 7) is 3.36. The summed E-state index contributed by atoms with van der Waals surface area (Å²) in [6, 6.07) is 0.607. The average molecular weight is 268 g/mol. The maximum atomic E-state index is 12.4. The molecule has 0 aliphatic carbocycles. The Bertz CT molecular complexity index is 415. The first-order valence-corrected chi connectivity index (χ1v) is 5.71. The van der Waals surface area contributed by atoms with E-state index in [4.69, 9.17) is 5.11 Å². The molecule has 1 aromatic heterocycles. The molecule has 0 aliphatic heterocycles. The predicted octanol–water partition coefficient (Wildman–Crippen LogP) is 2.66. The zero-order valence-electron chi connectivity index (χ0n) is 9.15. The second-order valence-electron chi connectivity index (χ2n) is 3.59. The number of aromatic nitrogens is 2. The zero-order chi connectivity index (χ0) is 13.2. The van der Waals surface area contributed by atoms with E-state index in [1.54, 1.807) is 13.8 Å². The van der Waals surface area contributed by atoms with Crippen molar-refractivity contribution in [2.75, 3.05) is 5.75 Å². The van der Waals surface area contributed by atoms with Gasteiger partial charge in [0.2, 0.25) is 0 Å². The van der Waals surface area contributed by atoms with Crippen LogP contribution in [-0.4, -0.2) is 26.6 Å². The Hall–Kier alpha value is -1.18. The molecule has 0 unspecified atom stereocenters. The minimum Gasteiger partial charge on any atom is -0.481 e. The van der Waals surface area contributed by atoms with E-state index in [2.05, 4.69) is 5.10 Å². The number of nitrogens with zero attached hydrogens (tertiary/aromatic N) is 2. The maximum Gasteiger partial charge on any atom is 0.435 e. The second kappa shape index (κ2) is 4.99. The van der Waals surface area contributed by atoms with E-state index in [1.165, 1.54) is 4.68 Å². The average Bonchev–Trinajstić information content (AvgIpc) is 2.57. The van der Waals surface area contributed by atoms with Crippen LogP contribution >= 0.6 is 11.8 Å². The van der Waals surface area contributed by atoms with Gasteiger partial charge in [-0.1, -0.05) is 11.8 Å². The summed E-state index contributed by atoms with van der Waals surface area (Å²) < 4.78 is 38.5. The monoisotopic (exact) mass is 268 g/mol. The van der Waals surface area contributed by atoms with Crippen LogP contribution in [0.5, 0.6) is 0 Å². The predicted molar refractivity (Wildman–Crippen MR) is 56.0 cm³/mol. The Balaban J connectivity index is 3.01. The van der Waals surface area contributed by atoms with Gasteiger partial charge in [0.15, 0.2) is 5.69 Å². The fourth-order valence-electron chi connectivity index (χ4n) is 1.13. The van der Waals surface area contributed by atoms with Gasteiger partial charge in [0.05, 0.1) is 10.8 Å². The van der Waals surface area contributed by atoms with E-state index >= 15 is 0 Å². The van der Waals surface area contributed by atoms with Crippen LogP contribution in [0.15, 0.2) is 11.1 Å². The minimum absolute atomic E-state index is 0.203. The normalized spacial score (nSPS) is 12.1. The molecule has 1 heterocycles. The van der Waals surface area contributed by atoms with Crippen molar-refractivity contribution in [3.63, 3.8) is 0 Å². The van der Waals surface area contributed by atoms with E-state index in [1.807, 2.05) is 0 Å². The molecule has 0 radical (unpaired) electrons. The number of carboxylic acid groups (broad SMARTS) is 1. The Labute approximate surface area is 99.8 Å². The van der Waals surface area contributed by atoms with Gasteiger partial charge in [0.25, 0.3) is 0 Å². The summed E-state index contributed by atoms with van der Waals surface area (Å²) in [5.74, 6) is -1.38. The summed E-state index contributed by atoms with van der Waals surface area (Å²) in [4.78, 5) is 10.4. The first kappa shape index (κ1) is 13.9. The molecule has 0 amide bonds. The second-order valence-corrected chi connectivity index (χ2v) is 4.58. The number of halogens is 3. The van der Waals surface area contributed by atoms with Crippen LogP contribution in [0.2, 0.25) is 0 Å². The number of hydrogen-bond donors (Lipinski definition) is 1. The molecule has 1 N–H and O–H groups in total. The van der Waals surface area contributed by atoms with Gasteiger partial charge in [-0.05, 0) is 13.8 Å². The van der Waals surface area contributed by atoms with Gasteiger partial charge in [-0.15, -0.1) is 0 Å². The van der Waals surface area contributed by atoms with E-state index in [9.17, 15) is 18.0 Å². The summed E-state index contributed by atoms with van der Waals surface area (Å²) in [7, 11) is 0. The van der Waals surface area contributed by atoms with Crippen molar-refractivity contribution >= 4 is 17.7 Å². The Morgan fingerprint density at radius 3 is 2.59 bits per heavy atom. The highest BCUT2D eigenvalue weighted by Gasteiger charge is 2.35. The molecule has 0 spiro atoms. The number of carbonyl (C=O) groups is 1. The number of hydrogen-bond acceptors (Lipinski definition) is 3. The summed E-state index contributed by atoms with van der Waals surface area (Å²) in [6.07, 6.45) is -4.52. The number of thioether (sulfide) groups is 1. The third-order valence-electron chi connectivity index (χ3n) is 1.82. The first-order chi connectivity index (χ1) is 7.71. The molecule has 0 aliphatic rings. The Morgan fingerprint density at radius 2 is 2.18 bits per heavy atom. The van der Waals surface area contributed by atoms with Gasteiger partial charge < -0.3 is 5.11 Å². The fraction of sp³-hybridized carbons (Fsp3) is 0.556. The molecule has 1 aromatic rings. The molecule has 96 valence electrons. The molecule has 0 fully saturated rings. The third-order valence-corrected chi connectivity index (χ3v) is 2.82. The largest absolute Gasteiger partial charge is 0.481 e. The Kier molecular flexibility index (Phi) is 4.07. The van der Waals surface area contributed by atoms with Crippen LogP contribution in [0, 0.1) is 0 Å². The first-order valence-electron chi connectivity index (χ1n) is 4.73. The van der Waals surface area contributed by atoms with Crippen molar-refractivity contribution < 1.29 is 23.1 Å². The lowest BCUT2D eigenvalue weighted by Gasteiger charge is -2.09. The highest BCUT2D eigenvalue weighted by atomic mass is 32.2. The van der Waals surface area contributed by atoms with Crippen LogP contribution in [0.3, 0.4) is 0 Å². The van der Waals surface area contributed by atoms with E-state index < -0.39 is 17.8 Å². The zero-order valence-corrected chi connectivity index (χ0v) is 9.97. The molecule has 8 heteroatoms. The van der Waals surface area contributed by atoms with Crippen molar-refractivity contribution in [3.05, 3.63) is 11.8 Å². The van der Waals surface area contributed by atoms with Crippen molar-refractivity contribution in [2.24, 2.45) is 0 Å². The number of carboxylic acids is 1. The molecule has 0 bridgehead atoms. The molecular weight excluding hydrogens is 257 g/mol. The lowest BCUT2D eigenvalue weighted by Crippen LogP contribution is -2.09. The number of rotatable bonds is 4. The standard InChI is InChI=1S/C9H11F3N2O2S/c1-5(2)14-7(17-4-8(15)16)3-6(13-14)9(10,11)12/h3,5H,4H2,1-2H3,(H,15,16). The van der Waals surface area contributed by atoms with Crippen LogP contribution in [0.4, 0.5) is 13.2 Å². The highest BCUT2D eigenvalue weighted by molar-refractivity contribution is 7.99. The smallest absolute Gasteiger partial charge is 0.435 e. The molecular formula is C9H11F3N2O2S. The molecule has 0 aromatic carbocycles. The van der Waals surface area contributed by atoms with E-state index in [-0.39, 0.29) is 16.8 Å². The maximum absolute atomic E-state index is 12.4. The van der Waals surface area contributed by atoms with Crippen molar-refractivity contribution in [2.45, 2.75) is 31.1 Å². The van der Waals surface area contributed by atoms with Crippen LogP contribution in [-0.2, 0) is 11.0 Å².